The van der Waals surface area contributed by atoms with Crippen LogP contribution in [0.1, 0.15) is 37.2 Å². The second-order valence-electron chi connectivity index (χ2n) is 5.48. The first kappa shape index (κ1) is 11.6. The van der Waals surface area contributed by atoms with Gasteiger partial charge in [0.1, 0.15) is 5.78 Å². The van der Waals surface area contributed by atoms with Crippen molar-refractivity contribution in [2.24, 2.45) is 11.8 Å². The molecule has 3 aliphatic carbocycles. The van der Waals surface area contributed by atoms with Crippen LogP contribution in [0, 0.1) is 11.8 Å². The van der Waals surface area contributed by atoms with Gasteiger partial charge in [-0.2, -0.15) is 0 Å². The van der Waals surface area contributed by atoms with Crippen LogP contribution in [0.25, 0.3) is 0 Å². The number of hydrogen-bond donors (Lipinski definition) is 1. The third-order valence-corrected chi connectivity index (χ3v) is 4.54. The van der Waals surface area contributed by atoms with E-state index >= 15 is 0 Å². The molecule has 1 aromatic carbocycles. The predicted octanol–water partition coefficient (Wildman–Crippen LogP) is 2.87. The van der Waals surface area contributed by atoms with Crippen LogP contribution in [0.2, 0.25) is 0 Å². The summed E-state index contributed by atoms with van der Waals surface area (Å²) in [5, 5.41) is 9.85. The fraction of sp³-hybridized carbons (Fsp3) is 0.533. The highest BCUT2D eigenvalue weighted by atomic mass is 16.5. The molecule has 18 heavy (non-hydrogen) atoms. The Morgan fingerprint density at radius 2 is 2.17 bits per heavy atom. The molecule has 0 aromatic heterocycles. The van der Waals surface area contributed by atoms with Gasteiger partial charge in [-0.05, 0) is 48.8 Å². The fourth-order valence-corrected chi connectivity index (χ4v) is 3.54. The van der Waals surface area contributed by atoms with Gasteiger partial charge < -0.3 is 9.84 Å². The van der Waals surface area contributed by atoms with Gasteiger partial charge in [-0.1, -0.05) is 6.07 Å². The van der Waals surface area contributed by atoms with E-state index in [0.29, 0.717) is 23.4 Å². The van der Waals surface area contributed by atoms with Crippen molar-refractivity contribution in [3.63, 3.8) is 0 Å². The van der Waals surface area contributed by atoms with E-state index in [2.05, 4.69) is 0 Å². The third-order valence-electron chi connectivity index (χ3n) is 4.54. The summed E-state index contributed by atoms with van der Waals surface area (Å²) < 4.78 is 5.06. The molecule has 3 atom stereocenters. The summed E-state index contributed by atoms with van der Waals surface area (Å²) in [5.41, 5.74) is 1.15. The molecular weight excluding hydrogens is 228 g/mol. The number of ether oxygens (including phenoxy) is 1. The van der Waals surface area contributed by atoms with Gasteiger partial charge in [0, 0.05) is 12.3 Å². The molecule has 0 unspecified atom stereocenters. The van der Waals surface area contributed by atoms with Crippen molar-refractivity contribution in [1.29, 1.82) is 0 Å². The molecule has 2 bridgehead atoms. The van der Waals surface area contributed by atoms with E-state index in [1.165, 1.54) is 0 Å². The molecule has 3 fully saturated rings. The molecular formula is C15H18O3. The Labute approximate surface area is 107 Å². The van der Waals surface area contributed by atoms with Crippen LogP contribution in [0.15, 0.2) is 18.2 Å². The zero-order chi connectivity index (χ0) is 12.7. The Hall–Kier alpha value is -1.51. The summed E-state index contributed by atoms with van der Waals surface area (Å²) in [6.45, 7) is 0. The Kier molecular flexibility index (Phi) is 2.77. The fourth-order valence-electron chi connectivity index (χ4n) is 3.54. The standard InChI is InChI=1S/C15H18O3/c1-18-15-5-4-10(8-14(15)17)12-6-11-3-2-9(12)7-13(11)16/h4-5,8-9,11-12,17H,2-3,6-7H2,1H3/t9-,11-,12+/m1/s1. The van der Waals surface area contributed by atoms with Crippen molar-refractivity contribution < 1.29 is 14.6 Å². The highest BCUT2D eigenvalue weighted by molar-refractivity contribution is 5.83. The lowest BCUT2D eigenvalue weighted by molar-refractivity contribution is -0.129. The smallest absolute Gasteiger partial charge is 0.160 e. The van der Waals surface area contributed by atoms with Gasteiger partial charge in [-0.15, -0.1) is 0 Å². The van der Waals surface area contributed by atoms with Gasteiger partial charge in [-0.25, -0.2) is 0 Å². The first-order valence-corrected chi connectivity index (χ1v) is 6.58. The molecule has 3 heteroatoms. The Bertz CT molecular complexity index is 481. The molecule has 0 saturated heterocycles. The van der Waals surface area contributed by atoms with Crippen LogP contribution in [0.5, 0.6) is 11.5 Å². The number of benzene rings is 1. The average Bonchev–Trinajstić information content (AvgIpc) is 2.39. The van der Waals surface area contributed by atoms with Crippen LogP contribution < -0.4 is 4.74 Å². The molecule has 0 radical (unpaired) electrons. The van der Waals surface area contributed by atoms with Crippen LogP contribution in [-0.2, 0) is 4.79 Å². The number of phenols is 1. The van der Waals surface area contributed by atoms with Gasteiger partial charge in [0.25, 0.3) is 0 Å². The first-order valence-electron chi connectivity index (χ1n) is 6.58. The number of aromatic hydroxyl groups is 1. The SMILES string of the molecule is COc1ccc([C@H]2C[C@H]3CC[C@@H]2CC3=O)cc1O. The lowest BCUT2D eigenvalue weighted by Gasteiger charge is -2.41. The highest BCUT2D eigenvalue weighted by Gasteiger charge is 2.41. The number of carbonyl (C=O) groups is 1. The predicted molar refractivity (Wildman–Crippen MR) is 67.9 cm³/mol. The Morgan fingerprint density at radius 1 is 1.33 bits per heavy atom. The average molecular weight is 246 g/mol. The van der Waals surface area contributed by atoms with Gasteiger partial charge in [0.05, 0.1) is 7.11 Å². The van der Waals surface area contributed by atoms with Crippen LogP contribution in [0.3, 0.4) is 0 Å². The molecule has 4 rings (SSSR count). The van der Waals surface area contributed by atoms with Crippen LogP contribution >= 0.6 is 0 Å². The number of hydrogen-bond acceptors (Lipinski definition) is 3. The number of phenolic OH excluding ortho intramolecular Hbond substituents is 1. The molecule has 1 aromatic rings. The van der Waals surface area contributed by atoms with E-state index in [1.807, 2.05) is 12.1 Å². The van der Waals surface area contributed by atoms with Crippen molar-refractivity contribution >= 4 is 5.78 Å². The van der Waals surface area contributed by atoms with E-state index in [9.17, 15) is 9.90 Å². The molecule has 3 nitrogen and oxygen atoms in total. The molecule has 0 amide bonds. The molecule has 3 aliphatic rings. The summed E-state index contributed by atoms with van der Waals surface area (Å²) in [7, 11) is 1.55. The minimum atomic E-state index is 0.197. The topological polar surface area (TPSA) is 46.5 Å². The van der Waals surface area contributed by atoms with Gasteiger partial charge >= 0.3 is 0 Å². The summed E-state index contributed by atoms with van der Waals surface area (Å²) in [6.07, 6.45) is 3.88. The highest BCUT2D eigenvalue weighted by Crippen LogP contribution is 2.48. The van der Waals surface area contributed by atoms with E-state index in [-0.39, 0.29) is 11.7 Å². The number of ketones is 1. The summed E-state index contributed by atoms with van der Waals surface area (Å²) in [4.78, 5) is 11.7. The zero-order valence-electron chi connectivity index (χ0n) is 10.6. The van der Waals surface area contributed by atoms with E-state index < -0.39 is 0 Å². The lowest BCUT2D eigenvalue weighted by Crippen LogP contribution is -2.36. The monoisotopic (exact) mass is 246 g/mol. The largest absolute Gasteiger partial charge is 0.504 e. The number of fused-ring (bicyclic) bond motifs is 3. The second kappa shape index (κ2) is 4.30. The molecule has 3 saturated carbocycles. The molecule has 96 valence electrons. The maximum Gasteiger partial charge on any atom is 0.160 e. The molecule has 0 spiro atoms. The third kappa shape index (κ3) is 1.78. The van der Waals surface area contributed by atoms with E-state index in [0.717, 1.165) is 31.2 Å². The summed E-state index contributed by atoms with van der Waals surface area (Å²) in [6, 6.07) is 5.64. The van der Waals surface area contributed by atoms with Crippen molar-refractivity contribution in [1.82, 2.24) is 0 Å². The van der Waals surface area contributed by atoms with Crippen molar-refractivity contribution in [2.75, 3.05) is 7.11 Å². The van der Waals surface area contributed by atoms with Crippen LogP contribution in [0.4, 0.5) is 0 Å². The Morgan fingerprint density at radius 3 is 2.72 bits per heavy atom. The summed E-state index contributed by atoms with van der Waals surface area (Å²) in [5.74, 6) is 2.30. The summed E-state index contributed by atoms with van der Waals surface area (Å²) >= 11 is 0. The maximum absolute atomic E-state index is 11.7. The van der Waals surface area contributed by atoms with E-state index in [4.69, 9.17) is 4.74 Å². The minimum Gasteiger partial charge on any atom is -0.504 e. The van der Waals surface area contributed by atoms with E-state index in [1.54, 1.807) is 13.2 Å². The van der Waals surface area contributed by atoms with Crippen LogP contribution in [-0.4, -0.2) is 18.0 Å². The zero-order valence-corrected chi connectivity index (χ0v) is 10.6. The molecule has 1 N–H and O–H groups in total. The number of carbonyl (C=O) groups excluding carboxylic acids is 1. The quantitative estimate of drug-likeness (QED) is 0.872. The molecule has 0 aliphatic heterocycles. The lowest BCUT2D eigenvalue weighted by atomic mass is 9.62. The maximum atomic E-state index is 11.7. The van der Waals surface area contributed by atoms with Gasteiger partial charge in [0.15, 0.2) is 11.5 Å². The first-order chi connectivity index (χ1) is 8.69. The second-order valence-corrected chi connectivity index (χ2v) is 5.48. The number of methoxy groups -OCH3 is 1. The number of Topliss-reactive ketones (excluding diaryl/α,β-unsaturated/α-hetero) is 1. The number of rotatable bonds is 2. The molecule has 0 heterocycles. The minimum absolute atomic E-state index is 0.197. The normalized spacial score (nSPS) is 30.5. The van der Waals surface area contributed by atoms with Crippen molar-refractivity contribution in [3.05, 3.63) is 23.8 Å². The Balaban J connectivity index is 1.88. The van der Waals surface area contributed by atoms with Gasteiger partial charge in [-0.3, -0.25) is 4.79 Å². The van der Waals surface area contributed by atoms with Gasteiger partial charge in [0.2, 0.25) is 0 Å². The van der Waals surface area contributed by atoms with Crippen molar-refractivity contribution in [3.8, 4) is 11.5 Å². The van der Waals surface area contributed by atoms with Crippen molar-refractivity contribution in [2.45, 2.75) is 31.6 Å².